The molecule has 4 N–H and O–H groups in total. The number of nitrogen functional groups attached to an aromatic ring is 1. The summed E-state index contributed by atoms with van der Waals surface area (Å²) in [7, 11) is 0. The average molecular weight is 317 g/mol. The molecule has 0 aromatic carbocycles. The minimum absolute atomic E-state index is 0.0869. The minimum atomic E-state index is -4.46. The van der Waals surface area contributed by atoms with Crippen LogP contribution in [0.15, 0.2) is 12.3 Å². The number of anilines is 1. The molecule has 1 rings (SSSR count). The van der Waals surface area contributed by atoms with Gasteiger partial charge in [0, 0.05) is 6.20 Å². The Morgan fingerprint density at radius 3 is 2.43 bits per heavy atom. The van der Waals surface area contributed by atoms with Crippen LogP contribution in [0.25, 0.3) is 0 Å². The van der Waals surface area contributed by atoms with Crippen LogP contribution in [0.1, 0.15) is 11.6 Å². The standard InChI is InChI=1S/C7H7F3IN3/c8-7(9,10)5(12)3-1-4(11)6(13)14-2-3/h1-2,5H,12H2,(H2,13,14)/t5-/m0/s1. The summed E-state index contributed by atoms with van der Waals surface area (Å²) in [6, 6.07) is -0.731. The third-order valence-electron chi connectivity index (χ3n) is 1.60. The molecule has 0 aliphatic carbocycles. The fraction of sp³-hybridized carbons (Fsp3) is 0.286. The quantitative estimate of drug-likeness (QED) is 0.777. The number of hydrogen-bond donors (Lipinski definition) is 2. The molecule has 0 unspecified atom stereocenters. The Labute approximate surface area is 91.8 Å². The summed E-state index contributed by atoms with van der Waals surface area (Å²) in [6.07, 6.45) is -3.42. The number of hydrogen-bond acceptors (Lipinski definition) is 3. The molecule has 0 saturated heterocycles. The zero-order valence-electron chi connectivity index (χ0n) is 6.85. The first-order chi connectivity index (χ1) is 6.32. The summed E-state index contributed by atoms with van der Waals surface area (Å²) in [5.41, 5.74) is 10.3. The molecule has 0 aliphatic heterocycles. The molecular weight excluding hydrogens is 310 g/mol. The smallest absolute Gasteiger partial charge is 0.383 e. The molecule has 3 nitrogen and oxygen atoms in total. The van der Waals surface area contributed by atoms with Crippen LogP contribution in [0.4, 0.5) is 19.0 Å². The topological polar surface area (TPSA) is 64.9 Å². The number of nitrogens with two attached hydrogens (primary N) is 2. The molecule has 1 heterocycles. The van der Waals surface area contributed by atoms with Crippen LogP contribution < -0.4 is 11.5 Å². The molecule has 0 fully saturated rings. The zero-order valence-corrected chi connectivity index (χ0v) is 9.00. The molecule has 78 valence electrons. The third-order valence-corrected chi connectivity index (χ3v) is 2.47. The Morgan fingerprint density at radius 2 is 2.00 bits per heavy atom. The van der Waals surface area contributed by atoms with Gasteiger partial charge in [0.15, 0.2) is 0 Å². The second-order valence-corrected chi connectivity index (χ2v) is 3.82. The van der Waals surface area contributed by atoms with Crippen molar-refractivity contribution in [3.8, 4) is 0 Å². The summed E-state index contributed by atoms with van der Waals surface area (Å²) < 4.78 is 37.0. The predicted molar refractivity (Wildman–Crippen MR) is 54.3 cm³/mol. The van der Waals surface area contributed by atoms with E-state index in [1.807, 2.05) is 0 Å². The van der Waals surface area contributed by atoms with Gasteiger partial charge < -0.3 is 11.5 Å². The molecule has 1 aromatic heterocycles. The van der Waals surface area contributed by atoms with Gasteiger partial charge in [-0.25, -0.2) is 4.98 Å². The van der Waals surface area contributed by atoms with Gasteiger partial charge >= 0.3 is 6.18 Å². The number of alkyl halides is 3. The zero-order chi connectivity index (χ0) is 10.9. The molecule has 0 amide bonds. The first kappa shape index (κ1) is 11.5. The highest BCUT2D eigenvalue weighted by Crippen LogP contribution is 2.31. The number of halogens is 4. The monoisotopic (exact) mass is 317 g/mol. The van der Waals surface area contributed by atoms with Gasteiger partial charge in [-0.2, -0.15) is 13.2 Å². The summed E-state index contributed by atoms with van der Waals surface area (Å²) in [6.45, 7) is 0. The van der Waals surface area contributed by atoms with E-state index in [1.165, 1.54) is 6.07 Å². The number of nitrogens with zero attached hydrogens (tertiary/aromatic N) is 1. The SMILES string of the molecule is Nc1ncc([C@H](N)C(F)(F)F)cc1I. The highest BCUT2D eigenvalue weighted by molar-refractivity contribution is 14.1. The van der Waals surface area contributed by atoms with Gasteiger partial charge in [0.1, 0.15) is 11.9 Å². The van der Waals surface area contributed by atoms with Gasteiger partial charge in [-0.15, -0.1) is 0 Å². The van der Waals surface area contributed by atoms with Crippen LogP contribution in [0, 0.1) is 3.57 Å². The van der Waals surface area contributed by atoms with Crippen molar-refractivity contribution >= 4 is 28.4 Å². The van der Waals surface area contributed by atoms with E-state index in [2.05, 4.69) is 4.98 Å². The maximum absolute atomic E-state index is 12.2. The van der Waals surface area contributed by atoms with Gasteiger partial charge in [0.2, 0.25) is 0 Å². The Bertz CT molecular complexity index is 339. The second-order valence-electron chi connectivity index (χ2n) is 2.65. The normalized spacial score (nSPS) is 14.1. The molecule has 1 aromatic rings. The largest absolute Gasteiger partial charge is 0.407 e. The van der Waals surface area contributed by atoms with Crippen LogP contribution >= 0.6 is 22.6 Å². The maximum Gasteiger partial charge on any atom is 0.407 e. The van der Waals surface area contributed by atoms with Crippen LogP contribution in [-0.4, -0.2) is 11.2 Å². The summed E-state index contributed by atoms with van der Waals surface area (Å²) in [5, 5.41) is 0. The Balaban J connectivity index is 3.03. The van der Waals surface area contributed by atoms with E-state index in [9.17, 15) is 13.2 Å². The Morgan fingerprint density at radius 1 is 1.43 bits per heavy atom. The highest BCUT2D eigenvalue weighted by Gasteiger charge is 2.38. The van der Waals surface area contributed by atoms with Crippen molar-refractivity contribution in [2.24, 2.45) is 5.73 Å². The lowest BCUT2D eigenvalue weighted by Gasteiger charge is -2.15. The second kappa shape index (κ2) is 3.89. The van der Waals surface area contributed by atoms with Crippen LogP contribution in [-0.2, 0) is 0 Å². The molecule has 14 heavy (non-hydrogen) atoms. The number of pyridine rings is 1. The van der Waals surface area contributed by atoms with E-state index in [1.54, 1.807) is 22.6 Å². The Hall–Kier alpha value is -0.570. The van der Waals surface area contributed by atoms with E-state index in [0.29, 0.717) is 3.57 Å². The Kier molecular flexibility index (Phi) is 3.20. The van der Waals surface area contributed by atoms with Crippen molar-refractivity contribution in [3.63, 3.8) is 0 Å². The van der Waals surface area contributed by atoms with Gasteiger partial charge in [0.05, 0.1) is 3.57 Å². The molecule has 0 spiro atoms. The third kappa shape index (κ3) is 2.47. The van der Waals surface area contributed by atoms with Crippen LogP contribution in [0.2, 0.25) is 0 Å². The molecule has 0 saturated carbocycles. The summed E-state index contributed by atoms with van der Waals surface area (Å²) in [5.74, 6) is 0.198. The molecule has 7 heteroatoms. The lowest BCUT2D eigenvalue weighted by molar-refractivity contribution is -0.149. The number of aromatic nitrogens is 1. The molecule has 1 atom stereocenters. The molecule has 0 aliphatic rings. The summed E-state index contributed by atoms with van der Waals surface area (Å²) >= 11 is 1.80. The first-order valence-corrected chi connectivity index (χ1v) is 4.63. The fourth-order valence-electron chi connectivity index (χ4n) is 0.822. The van der Waals surface area contributed by atoms with E-state index in [0.717, 1.165) is 6.20 Å². The van der Waals surface area contributed by atoms with Gasteiger partial charge in [-0.1, -0.05) is 0 Å². The van der Waals surface area contributed by atoms with Crippen molar-refractivity contribution in [3.05, 3.63) is 21.4 Å². The van der Waals surface area contributed by atoms with Crippen molar-refractivity contribution in [2.75, 3.05) is 5.73 Å². The van der Waals surface area contributed by atoms with E-state index >= 15 is 0 Å². The minimum Gasteiger partial charge on any atom is -0.383 e. The van der Waals surface area contributed by atoms with Crippen molar-refractivity contribution in [1.29, 1.82) is 0 Å². The van der Waals surface area contributed by atoms with Crippen LogP contribution in [0.3, 0.4) is 0 Å². The maximum atomic E-state index is 12.2. The van der Waals surface area contributed by atoms with Crippen molar-refractivity contribution < 1.29 is 13.2 Å². The highest BCUT2D eigenvalue weighted by atomic mass is 127. The summed E-state index contributed by atoms with van der Waals surface area (Å²) in [4.78, 5) is 3.60. The lowest BCUT2D eigenvalue weighted by Crippen LogP contribution is -2.28. The predicted octanol–water partition coefficient (Wildman–Crippen LogP) is 1.83. The van der Waals surface area contributed by atoms with Crippen molar-refractivity contribution in [1.82, 2.24) is 4.98 Å². The van der Waals surface area contributed by atoms with Gasteiger partial charge in [-0.3, -0.25) is 0 Å². The molecule has 0 bridgehead atoms. The molecular formula is C7H7F3IN3. The fourth-order valence-corrected chi connectivity index (χ4v) is 1.32. The lowest BCUT2D eigenvalue weighted by atomic mass is 10.1. The molecule has 0 radical (unpaired) electrons. The average Bonchev–Trinajstić information content (AvgIpc) is 2.07. The van der Waals surface area contributed by atoms with Crippen molar-refractivity contribution in [2.45, 2.75) is 12.2 Å². The van der Waals surface area contributed by atoms with E-state index in [4.69, 9.17) is 11.5 Å². The number of rotatable bonds is 1. The van der Waals surface area contributed by atoms with Gasteiger partial charge in [-0.05, 0) is 34.2 Å². The van der Waals surface area contributed by atoms with E-state index < -0.39 is 12.2 Å². The van der Waals surface area contributed by atoms with Gasteiger partial charge in [0.25, 0.3) is 0 Å². The van der Waals surface area contributed by atoms with Crippen LogP contribution in [0.5, 0.6) is 0 Å². The first-order valence-electron chi connectivity index (χ1n) is 3.55. The van der Waals surface area contributed by atoms with E-state index in [-0.39, 0.29) is 11.4 Å².